The molecule has 156 valence electrons. The second-order valence-electron chi connectivity index (χ2n) is 7.41. The summed E-state index contributed by atoms with van der Waals surface area (Å²) in [6.45, 7) is 2.63. The van der Waals surface area contributed by atoms with Crippen LogP contribution in [-0.2, 0) is 6.54 Å². The van der Waals surface area contributed by atoms with Gasteiger partial charge in [-0.2, -0.15) is 0 Å². The summed E-state index contributed by atoms with van der Waals surface area (Å²) in [6.07, 6.45) is 3.48. The van der Waals surface area contributed by atoms with Crippen LogP contribution in [0.4, 0.5) is 0 Å². The molecule has 1 aliphatic rings. The predicted molar refractivity (Wildman–Crippen MR) is 124 cm³/mol. The van der Waals surface area contributed by atoms with E-state index in [9.17, 15) is 0 Å². The molecular formula is C24H21N3O2S2. The van der Waals surface area contributed by atoms with Crippen molar-refractivity contribution < 1.29 is 8.83 Å². The number of nitrogens with zero attached hydrogens (tertiary/aromatic N) is 2. The first kappa shape index (κ1) is 19.9. The lowest BCUT2D eigenvalue weighted by molar-refractivity contribution is 0.241. The lowest BCUT2D eigenvalue weighted by Crippen LogP contribution is -2.28. The minimum absolute atomic E-state index is 0.118. The molecule has 0 saturated carbocycles. The van der Waals surface area contributed by atoms with Crippen LogP contribution in [0.15, 0.2) is 98.0 Å². The average molecular weight is 448 g/mol. The van der Waals surface area contributed by atoms with E-state index in [1.807, 2.05) is 42.5 Å². The normalized spacial score (nSPS) is 18.4. The molecule has 3 aromatic heterocycles. The number of pyridine rings is 1. The summed E-state index contributed by atoms with van der Waals surface area (Å²) < 4.78 is 11.9. The maximum Gasteiger partial charge on any atom is 0.170 e. The van der Waals surface area contributed by atoms with Gasteiger partial charge in [-0.15, -0.1) is 0 Å². The summed E-state index contributed by atoms with van der Waals surface area (Å²) in [4.78, 5) is 7.81. The fraction of sp³-hybridized carbons (Fsp3) is 0.167. The molecule has 5 rings (SSSR count). The van der Waals surface area contributed by atoms with E-state index in [0.29, 0.717) is 11.7 Å². The largest absolute Gasteiger partial charge is 0.467 e. The Bertz CT molecular complexity index is 1160. The molecule has 2 atom stereocenters. The topological polar surface area (TPSA) is 54.4 Å². The van der Waals surface area contributed by atoms with Crippen LogP contribution >= 0.6 is 24.0 Å². The molecule has 1 aliphatic heterocycles. The summed E-state index contributed by atoms with van der Waals surface area (Å²) >= 11 is 7.30. The zero-order valence-electron chi connectivity index (χ0n) is 16.9. The maximum absolute atomic E-state index is 6.31. The molecule has 5 nitrogen and oxygen atoms in total. The van der Waals surface area contributed by atoms with Crippen LogP contribution in [0.3, 0.4) is 0 Å². The number of thiocarbonyl (C=S) groups is 1. The number of aryl methyl sites for hydroxylation is 1. The number of aromatic nitrogens is 1. The van der Waals surface area contributed by atoms with Crippen LogP contribution < -0.4 is 5.32 Å². The molecule has 1 N–H and O–H groups in total. The van der Waals surface area contributed by atoms with E-state index in [1.165, 1.54) is 5.56 Å². The van der Waals surface area contributed by atoms with Crippen molar-refractivity contribution in [2.45, 2.75) is 35.5 Å². The van der Waals surface area contributed by atoms with Crippen LogP contribution in [0.1, 0.15) is 34.9 Å². The van der Waals surface area contributed by atoms with Crippen molar-refractivity contribution in [2.24, 2.45) is 0 Å². The van der Waals surface area contributed by atoms with Crippen molar-refractivity contribution in [2.75, 3.05) is 0 Å². The number of nitrogens with one attached hydrogen (secondary N) is 1. The van der Waals surface area contributed by atoms with E-state index in [0.717, 1.165) is 27.2 Å². The first-order valence-electron chi connectivity index (χ1n) is 10.0. The lowest BCUT2D eigenvalue weighted by atomic mass is 10.0. The molecule has 0 radical (unpaired) electrons. The van der Waals surface area contributed by atoms with Gasteiger partial charge in [0.25, 0.3) is 0 Å². The van der Waals surface area contributed by atoms with Crippen molar-refractivity contribution in [3.8, 4) is 0 Å². The molecule has 1 saturated heterocycles. The van der Waals surface area contributed by atoms with Gasteiger partial charge in [-0.05, 0) is 67.7 Å². The standard InChI is InChI=1S/C24H21N3O2S2/c1-16-7-9-18(10-8-16)31-21-12-11-20(29-21)23-22(19-6-2-3-13-25-19)26-24(30)27(23)15-17-5-4-14-28-17/h2-14,22-23H,15H2,1H3,(H,26,30)/t22-,23+/m1/s1. The van der Waals surface area contributed by atoms with E-state index >= 15 is 0 Å². The molecule has 1 aromatic carbocycles. The van der Waals surface area contributed by atoms with Gasteiger partial charge in [-0.1, -0.05) is 35.5 Å². The molecule has 4 heterocycles. The van der Waals surface area contributed by atoms with Crippen molar-refractivity contribution >= 4 is 29.1 Å². The Morgan fingerprint density at radius 2 is 1.94 bits per heavy atom. The first-order valence-corrected chi connectivity index (χ1v) is 11.2. The highest BCUT2D eigenvalue weighted by atomic mass is 32.2. The van der Waals surface area contributed by atoms with Gasteiger partial charge in [0, 0.05) is 11.1 Å². The van der Waals surface area contributed by atoms with E-state index in [-0.39, 0.29) is 12.1 Å². The number of hydrogen-bond acceptors (Lipinski definition) is 5. The molecule has 4 aromatic rings. The fourth-order valence-corrected chi connectivity index (χ4v) is 4.81. The highest BCUT2D eigenvalue weighted by molar-refractivity contribution is 7.99. The molecule has 1 fully saturated rings. The van der Waals surface area contributed by atoms with Crippen LogP contribution in [0, 0.1) is 6.92 Å². The van der Waals surface area contributed by atoms with Crippen LogP contribution in [-0.4, -0.2) is 15.0 Å². The Kier molecular flexibility index (Phi) is 5.53. The Hall–Kier alpha value is -3.03. The number of benzene rings is 1. The summed E-state index contributed by atoms with van der Waals surface area (Å²) in [5.41, 5.74) is 2.16. The van der Waals surface area contributed by atoms with E-state index < -0.39 is 0 Å². The van der Waals surface area contributed by atoms with Gasteiger partial charge in [0.2, 0.25) is 0 Å². The Labute approximate surface area is 190 Å². The number of furan rings is 2. The van der Waals surface area contributed by atoms with Crippen LogP contribution in [0.25, 0.3) is 0 Å². The lowest BCUT2D eigenvalue weighted by Gasteiger charge is -2.25. The quantitative estimate of drug-likeness (QED) is 0.369. The number of rotatable bonds is 6. The van der Waals surface area contributed by atoms with Gasteiger partial charge in [0.1, 0.15) is 17.6 Å². The second-order valence-corrected chi connectivity index (χ2v) is 8.87. The molecule has 0 unspecified atom stereocenters. The van der Waals surface area contributed by atoms with Gasteiger partial charge < -0.3 is 19.1 Å². The highest BCUT2D eigenvalue weighted by Crippen LogP contribution is 2.41. The van der Waals surface area contributed by atoms with Crippen molar-refractivity contribution in [3.05, 3.63) is 102 Å². The second kappa shape index (κ2) is 8.61. The Morgan fingerprint density at radius 3 is 2.68 bits per heavy atom. The molecule has 7 heteroatoms. The number of hydrogen-bond donors (Lipinski definition) is 1. The van der Waals surface area contributed by atoms with Gasteiger partial charge >= 0.3 is 0 Å². The molecule has 0 amide bonds. The maximum atomic E-state index is 6.31. The molecule has 31 heavy (non-hydrogen) atoms. The fourth-order valence-electron chi connectivity index (χ4n) is 3.73. The third-order valence-corrected chi connectivity index (χ3v) is 6.52. The average Bonchev–Trinajstić information content (AvgIpc) is 3.52. The predicted octanol–water partition coefficient (Wildman–Crippen LogP) is 5.90. The summed E-state index contributed by atoms with van der Waals surface area (Å²) in [6, 6.07) is 22.0. The molecule has 0 bridgehead atoms. The third kappa shape index (κ3) is 4.24. The van der Waals surface area contributed by atoms with Crippen molar-refractivity contribution in [1.29, 1.82) is 0 Å². The van der Waals surface area contributed by atoms with E-state index in [2.05, 4.69) is 46.4 Å². The van der Waals surface area contributed by atoms with Gasteiger partial charge in [-0.3, -0.25) is 4.98 Å². The molecule has 0 aliphatic carbocycles. The van der Waals surface area contributed by atoms with Crippen LogP contribution in [0.2, 0.25) is 0 Å². The third-order valence-electron chi connectivity index (χ3n) is 5.24. The smallest absolute Gasteiger partial charge is 0.170 e. The summed E-state index contributed by atoms with van der Waals surface area (Å²) in [7, 11) is 0. The molecular weight excluding hydrogens is 426 g/mol. The van der Waals surface area contributed by atoms with Crippen molar-refractivity contribution in [3.63, 3.8) is 0 Å². The summed E-state index contributed by atoms with van der Waals surface area (Å²) in [5.74, 6) is 1.68. The van der Waals surface area contributed by atoms with E-state index in [1.54, 1.807) is 24.2 Å². The highest BCUT2D eigenvalue weighted by Gasteiger charge is 2.42. The van der Waals surface area contributed by atoms with Gasteiger partial charge in [0.05, 0.1) is 24.5 Å². The Balaban J connectivity index is 1.46. The van der Waals surface area contributed by atoms with Crippen molar-refractivity contribution in [1.82, 2.24) is 15.2 Å². The summed E-state index contributed by atoms with van der Waals surface area (Å²) in [5, 5.41) is 4.93. The zero-order chi connectivity index (χ0) is 21.2. The van der Waals surface area contributed by atoms with Crippen LogP contribution in [0.5, 0.6) is 0 Å². The Morgan fingerprint density at radius 1 is 1.06 bits per heavy atom. The van der Waals surface area contributed by atoms with Gasteiger partial charge in [-0.25, -0.2) is 0 Å². The minimum Gasteiger partial charge on any atom is -0.467 e. The minimum atomic E-state index is -0.139. The molecule has 0 spiro atoms. The zero-order valence-corrected chi connectivity index (χ0v) is 18.5. The monoisotopic (exact) mass is 447 g/mol. The first-order chi connectivity index (χ1) is 15.2. The van der Waals surface area contributed by atoms with E-state index in [4.69, 9.17) is 21.1 Å². The van der Waals surface area contributed by atoms with Gasteiger partial charge in [0.15, 0.2) is 10.2 Å². The SMILES string of the molecule is Cc1ccc(Sc2ccc([C@H]3[C@@H](c4ccccn4)NC(=S)N3Cc3ccco3)o2)cc1.